The van der Waals surface area contributed by atoms with Crippen LogP contribution in [0.1, 0.15) is 33.5 Å². The van der Waals surface area contributed by atoms with Gasteiger partial charge in [0, 0.05) is 17.6 Å². The summed E-state index contributed by atoms with van der Waals surface area (Å²) in [6.45, 7) is 2.03. The third-order valence-corrected chi connectivity index (χ3v) is 5.86. The number of hydrogen-bond acceptors (Lipinski definition) is 4. The quantitative estimate of drug-likeness (QED) is 0.767. The summed E-state index contributed by atoms with van der Waals surface area (Å²) in [5, 5.41) is 2.56. The number of benzene rings is 1. The second-order valence-electron chi connectivity index (χ2n) is 7.19. The number of hydrogen-bond donors (Lipinski definition) is 1. The number of thiophene rings is 1. The first-order valence-electron chi connectivity index (χ1n) is 9.13. The van der Waals surface area contributed by atoms with E-state index in [1.807, 2.05) is 6.07 Å². The molecule has 2 aromatic rings. The van der Waals surface area contributed by atoms with E-state index < -0.39 is 12.3 Å². The van der Waals surface area contributed by atoms with Crippen LogP contribution >= 0.6 is 11.3 Å². The molecule has 1 aliphatic carbocycles. The number of anilines is 1. The van der Waals surface area contributed by atoms with Crippen molar-refractivity contribution in [3.05, 3.63) is 45.6 Å². The number of rotatable bonds is 5. The average Bonchev–Trinajstić information content (AvgIpc) is 3.04. The van der Waals surface area contributed by atoms with E-state index >= 15 is 0 Å². The van der Waals surface area contributed by atoms with Crippen molar-refractivity contribution in [3.63, 3.8) is 0 Å². The van der Waals surface area contributed by atoms with Crippen molar-refractivity contribution in [1.29, 1.82) is 0 Å². The highest BCUT2D eigenvalue weighted by atomic mass is 32.1. The van der Waals surface area contributed by atoms with E-state index in [9.17, 15) is 22.8 Å². The van der Waals surface area contributed by atoms with Gasteiger partial charge in [0.1, 0.15) is 5.75 Å². The third kappa shape index (κ3) is 5.72. The van der Waals surface area contributed by atoms with Crippen molar-refractivity contribution in [1.82, 2.24) is 4.90 Å². The van der Waals surface area contributed by atoms with Crippen molar-refractivity contribution in [2.75, 3.05) is 18.9 Å². The van der Waals surface area contributed by atoms with E-state index in [0.29, 0.717) is 16.5 Å². The molecule has 0 unspecified atom stereocenters. The van der Waals surface area contributed by atoms with Crippen LogP contribution in [0.25, 0.3) is 0 Å². The highest BCUT2D eigenvalue weighted by Gasteiger charge is 2.31. The predicted molar refractivity (Wildman–Crippen MR) is 104 cm³/mol. The van der Waals surface area contributed by atoms with Crippen molar-refractivity contribution >= 4 is 28.8 Å². The maximum Gasteiger partial charge on any atom is 0.573 e. The van der Waals surface area contributed by atoms with Crippen molar-refractivity contribution in [2.24, 2.45) is 5.92 Å². The summed E-state index contributed by atoms with van der Waals surface area (Å²) in [6, 6.07) is 6.74. The predicted octanol–water partition coefficient (Wildman–Crippen LogP) is 4.48. The first-order chi connectivity index (χ1) is 13.6. The number of nitrogens with one attached hydrogen (secondary N) is 1. The Balaban J connectivity index is 1.55. The minimum atomic E-state index is -4.77. The maximum absolute atomic E-state index is 12.6. The molecule has 0 spiro atoms. The molecular formula is C20H21F3N2O3S. The zero-order valence-corrected chi connectivity index (χ0v) is 16.8. The fourth-order valence-electron chi connectivity index (χ4n) is 3.23. The topological polar surface area (TPSA) is 58.6 Å². The lowest BCUT2D eigenvalue weighted by molar-refractivity contribution is -0.274. The third-order valence-electron chi connectivity index (χ3n) is 4.64. The summed E-state index contributed by atoms with van der Waals surface area (Å²) in [4.78, 5) is 28.0. The SMILES string of the molecule is C[C@@H]1CCc2sc(C(=O)N(C)CC(=O)Nc3ccc(OC(F)(F)F)cc3)cc2C1. The van der Waals surface area contributed by atoms with E-state index in [4.69, 9.17) is 0 Å². The number of ether oxygens (including phenoxy) is 1. The molecule has 0 aliphatic heterocycles. The monoisotopic (exact) mass is 426 g/mol. The lowest BCUT2D eigenvalue weighted by Gasteiger charge is -2.16. The molecule has 0 fully saturated rings. The summed E-state index contributed by atoms with van der Waals surface area (Å²) >= 11 is 1.48. The minimum Gasteiger partial charge on any atom is -0.406 e. The van der Waals surface area contributed by atoms with E-state index in [1.54, 1.807) is 7.05 Å². The van der Waals surface area contributed by atoms with E-state index in [2.05, 4.69) is 17.0 Å². The molecule has 1 aromatic heterocycles. The molecule has 0 bridgehead atoms. The number of carbonyl (C=O) groups excluding carboxylic acids is 2. The van der Waals surface area contributed by atoms with Gasteiger partial charge in [-0.2, -0.15) is 0 Å². The van der Waals surface area contributed by atoms with Crippen LogP contribution < -0.4 is 10.1 Å². The van der Waals surface area contributed by atoms with Crippen LogP contribution in [0.15, 0.2) is 30.3 Å². The Morgan fingerprint density at radius 3 is 2.62 bits per heavy atom. The fourth-order valence-corrected chi connectivity index (χ4v) is 4.43. The maximum atomic E-state index is 12.6. The summed E-state index contributed by atoms with van der Waals surface area (Å²) in [5.41, 5.74) is 1.53. The lowest BCUT2D eigenvalue weighted by Crippen LogP contribution is -2.34. The van der Waals surface area contributed by atoms with E-state index in [-0.39, 0.29) is 18.2 Å². The Kier molecular flexibility index (Phi) is 6.16. The number of carbonyl (C=O) groups is 2. The second kappa shape index (κ2) is 8.44. The molecule has 1 aliphatic rings. The Bertz CT molecular complexity index is 893. The molecule has 3 rings (SSSR count). The molecule has 2 amide bonds. The van der Waals surface area contributed by atoms with Crippen LogP contribution in [0.5, 0.6) is 5.75 Å². The number of nitrogens with zero attached hydrogens (tertiary/aromatic N) is 1. The summed E-state index contributed by atoms with van der Waals surface area (Å²) in [7, 11) is 1.55. The zero-order valence-electron chi connectivity index (χ0n) is 16.0. The van der Waals surface area contributed by atoms with Gasteiger partial charge >= 0.3 is 6.36 Å². The van der Waals surface area contributed by atoms with Gasteiger partial charge in [-0.05, 0) is 61.1 Å². The first-order valence-corrected chi connectivity index (χ1v) is 9.95. The number of aryl methyl sites for hydroxylation is 1. The Morgan fingerprint density at radius 2 is 1.97 bits per heavy atom. The molecular weight excluding hydrogens is 405 g/mol. The minimum absolute atomic E-state index is 0.168. The number of likely N-dealkylation sites (N-methyl/N-ethyl adjacent to an activating group) is 1. The number of fused-ring (bicyclic) bond motifs is 1. The van der Waals surface area contributed by atoms with Gasteiger partial charge in [0.15, 0.2) is 0 Å². The summed E-state index contributed by atoms with van der Waals surface area (Å²) in [5.74, 6) is -0.434. The highest BCUT2D eigenvalue weighted by Crippen LogP contribution is 2.32. The average molecular weight is 426 g/mol. The smallest absolute Gasteiger partial charge is 0.406 e. The normalized spacial score (nSPS) is 16.1. The molecule has 1 heterocycles. The van der Waals surface area contributed by atoms with Gasteiger partial charge in [-0.1, -0.05) is 6.92 Å². The molecule has 156 valence electrons. The van der Waals surface area contributed by atoms with Gasteiger partial charge in [0.25, 0.3) is 5.91 Å². The molecule has 0 radical (unpaired) electrons. The standard InChI is InChI=1S/C20H21F3N2O3S/c1-12-3-8-16-13(9-12)10-17(29-16)19(27)25(2)11-18(26)24-14-4-6-15(7-5-14)28-20(21,22)23/h4-7,10,12H,3,8-9,11H2,1-2H3,(H,24,26)/t12-/m1/s1. The van der Waals surface area contributed by atoms with Gasteiger partial charge in [-0.3, -0.25) is 9.59 Å². The molecule has 9 heteroatoms. The highest BCUT2D eigenvalue weighted by molar-refractivity contribution is 7.14. The van der Waals surface area contributed by atoms with E-state index in [0.717, 1.165) is 31.4 Å². The van der Waals surface area contributed by atoms with Crippen LogP contribution in [0.2, 0.25) is 0 Å². The molecule has 1 N–H and O–H groups in total. The number of amides is 2. The van der Waals surface area contributed by atoms with Crippen molar-refractivity contribution < 1.29 is 27.5 Å². The molecule has 29 heavy (non-hydrogen) atoms. The molecule has 0 saturated carbocycles. The lowest BCUT2D eigenvalue weighted by atomic mass is 9.90. The van der Waals surface area contributed by atoms with Gasteiger partial charge in [0.05, 0.1) is 11.4 Å². The molecule has 1 atom stereocenters. The summed E-state index contributed by atoms with van der Waals surface area (Å²) < 4.78 is 40.3. The van der Waals surface area contributed by atoms with Gasteiger partial charge < -0.3 is 15.0 Å². The fraction of sp³-hybridized carbons (Fsp3) is 0.400. The number of alkyl halides is 3. The second-order valence-corrected chi connectivity index (χ2v) is 8.33. The van der Waals surface area contributed by atoms with Crippen molar-refractivity contribution in [3.8, 4) is 5.75 Å². The van der Waals surface area contributed by atoms with E-state index in [1.165, 1.54) is 38.8 Å². The molecule has 0 saturated heterocycles. The molecule has 1 aromatic carbocycles. The first kappa shape index (κ1) is 21.2. The van der Waals surface area contributed by atoms with Crippen molar-refractivity contribution in [2.45, 2.75) is 32.5 Å². The Hall–Kier alpha value is -2.55. The van der Waals surface area contributed by atoms with Crippen LogP contribution in [0.4, 0.5) is 18.9 Å². The summed E-state index contributed by atoms with van der Waals surface area (Å²) in [6.07, 6.45) is -1.71. The van der Waals surface area contributed by atoms with Crippen LogP contribution in [0.3, 0.4) is 0 Å². The van der Waals surface area contributed by atoms with Gasteiger partial charge in [0.2, 0.25) is 5.91 Å². The van der Waals surface area contributed by atoms with Crippen LogP contribution in [-0.4, -0.2) is 36.7 Å². The van der Waals surface area contributed by atoms with Crippen LogP contribution in [0, 0.1) is 5.92 Å². The van der Waals surface area contributed by atoms with Crippen LogP contribution in [-0.2, 0) is 17.6 Å². The largest absolute Gasteiger partial charge is 0.573 e. The number of halogens is 3. The molecule has 5 nitrogen and oxygen atoms in total. The van der Waals surface area contributed by atoms with Gasteiger partial charge in [-0.25, -0.2) is 0 Å². The zero-order chi connectivity index (χ0) is 21.2. The van der Waals surface area contributed by atoms with Gasteiger partial charge in [-0.15, -0.1) is 24.5 Å². The Morgan fingerprint density at radius 1 is 1.28 bits per heavy atom. The Labute approximate surface area is 170 Å².